The predicted octanol–water partition coefficient (Wildman–Crippen LogP) is 1.86. The lowest BCUT2D eigenvalue weighted by Gasteiger charge is -2.30. The van der Waals surface area contributed by atoms with Gasteiger partial charge in [0.1, 0.15) is 24.4 Å². The third kappa shape index (κ3) is 3.70. The Morgan fingerprint density at radius 2 is 1.67 bits per heavy atom. The Balaban J connectivity index is 1.79. The van der Waals surface area contributed by atoms with Gasteiger partial charge in [0, 0.05) is 0 Å². The quantitative estimate of drug-likeness (QED) is 0.757. The Bertz CT molecular complexity index is 513. The molecule has 0 spiro atoms. The molecular weight excluding hydrogens is 336 g/mol. The summed E-state index contributed by atoms with van der Waals surface area (Å²) in [5.74, 6) is -1.45. The first-order valence-corrected chi connectivity index (χ1v) is 9.37. The SMILES string of the molecule is CC1(C)O[C@H]2O[C@H]([C@H]3COC(C)(C)O3)[C@H](OS(=O)C(C)(C)C)[C@H]2O1. The van der Waals surface area contributed by atoms with Crippen LogP contribution < -0.4 is 0 Å². The average molecular weight is 364 g/mol. The first-order chi connectivity index (χ1) is 10.9. The maximum Gasteiger partial charge on any atom is 0.190 e. The number of hydrogen-bond acceptors (Lipinski definition) is 7. The molecule has 0 saturated carbocycles. The fourth-order valence-electron chi connectivity index (χ4n) is 3.04. The van der Waals surface area contributed by atoms with E-state index in [1.807, 2.05) is 48.5 Å². The standard InChI is InChI=1S/C16H28O7S/c1-14(2,3)24(17)23-11-10(9-8-18-15(4,5)20-9)19-13-12(11)21-16(6,7)22-13/h9-13H,8H2,1-7H3/t9-,10-,11+,12-,13-,24?/m1/s1. The largest absolute Gasteiger partial charge is 0.348 e. The van der Waals surface area contributed by atoms with E-state index in [1.165, 1.54) is 0 Å². The number of fused-ring (bicyclic) bond motifs is 1. The van der Waals surface area contributed by atoms with Crippen LogP contribution in [0.3, 0.4) is 0 Å². The Hall–Kier alpha value is -0.0900. The van der Waals surface area contributed by atoms with Gasteiger partial charge < -0.3 is 23.7 Å². The van der Waals surface area contributed by atoms with Crippen molar-refractivity contribution in [2.45, 2.75) is 95.5 Å². The molecular formula is C16H28O7S. The van der Waals surface area contributed by atoms with E-state index in [1.54, 1.807) is 0 Å². The van der Waals surface area contributed by atoms with Crippen LogP contribution >= 0.6 is 0 Å². The molecule has 140 valence electrons. The molecule has 0 aromatic carbocycles. The zero-order valence-electron chi connectivity index (χ0n) is 15.4. The molecule has 3 aliphatic heterocycles. The first-order valence-electron chi connectivity index (χ1n) is 8.30. The molecule has 6 atom stereocenters. The van der Waals surface area contributed by atoms with Crippen LogP contribution in [0.2, 0.25) is 0 Å². The van der Waals surface area contributed by atoms with Gasteiger partial charge in [0.2, 0.25) is 0 Å². The minimum atomic E-state index is -1.51. The normalized spacial score (nSPS) is 42.2. The molecule has 3 heterocycles. The third-order valence-electron chi connectivity index (χ3n) is 4.12. The summed E-state index contributed by atoms with van der Waals surface area (Å²) in [5.41, 5.74) is 0. The average Bonchev–Trinajstić information content (AvgIpc) is 3.00. The van der Waals surface area contributed by atoms with E-state index in [0.29, 0.717) is 6.61 Å². The van der Waals surface area contributed by atoms with Crippen LogP contribution in [-0.4, -0.2) is 57.8 Å². The molecule has 0 aliphatic carbocycles. The minimum Gasteiger partial charge on any atom is -0.348 e. The van der Waals surface area contributed by atoms with Gasteiger partial charge in [-0.15, -0.1) is 0 Å². The molecule has 3 rings (SSSR count). The van der Waals surface area contributed by atoms with E-state index in [-0.39, 0.29) is 6.10 Å². The lowest BCUT2D eigenvalue weighted by molar-refractivity contribution is -0.230. The second-order valence-electron chi connectivity index (χ2n) is 8.34. The highest BCUT2D eigenvalue weighted by molar-refractivity contribution is 7.81. The second kappa shape index (κ2) is 5.97. The monoisotopic (exact) mass is 364 g/mol. The number of hydrogen-bond donors (Lipinski definition) is 0. The molecule has 3 fully saturated rings. The summed E-state index contributed by atoms with van der Waals surface area (Å²) in [7, 11) is 0. The van der Waals surface area contributed by atoms with Crippen molar-refractivity contribution in [2.75, 3.05) is 6.61 Å². The van der Waals surface area contributed by atoms with Crippen LogP contribution in [0.5, 0.6) is 0 Å². The minimum absolute atomic E-state index is 0.331. The van der Waals surface area contributed by atoms with E-state index >= 15 is 0 Å². The van der Waals surface area contributed by atoms with Crippen molar-refractivity contribution in [3.63, 3.8) is 0 Å². The molecule has 8 heteroatoms. The van der Waals surface area contributed by atoms with Gasteiger partial charge in [-0.25, -0.2) is 4.21 Å². The molecule has 0 aromatic heterocycles. The summed E-state index contributed by atoms with van der Waals surface area (Å²) >= 11 is -1.51. The summed E-state index contributed by atoms with van der Waals surface area (Å²) < 4.78 is 47.2. The molecule has 7 nitrogen and oxygen atoms in total. The van der Waals surface area contributed by atoms with Crippen LogP contribution in [0, 0.1) is 0 Å². The van der Waals surface area contributed by atoms with E-state index in [2.05, 4.69) is 0 Å². The molecule has 0 aromatic rings. The number of rotatable bonds is 3. The van der Waals surface area contributed by atoms with E-state index in [0.717, 1.165) is 0 Å². The summed E-state index contributed by atoms with van der Waals surface area (Å²) in [6.45, 7) is 13.3. The summed E-state index contributed by atoms with van der Waals surface area (Å²) in [6, 6.07) is 0. The Morgan fingerprint density at radius 3 is 2.21 bits per heavy atom. The van der Waals surface area contributed by atoms with Gasteiger partial charge in [-0.3, -0.25) is 4.18 Å². The molecule has 24 heavy (non-hydrogen) atoms. The van der Waals surface area contributed by atoms with E-state index < -0.39 is 52.0 Å². The lowest BCUT2D eigenvalue weighted by atomic mass is 10.1. The highest BCUT2D eigenvalue weighted by Gasteiger charge is 2.59. The van der Waals surface area contributed by atoms with Gasteiger partial charge in [-0.1, -0.05) is 0 Å². The molecule has 0 radical (unpaired) electrons. The van der Waals surface area contributed by atoms with E-state index in [4.69, 9.17) is 27.9 Å². The fourth-order valence-corrected chi connectivity index (χ4v) is 3.75. The van der Waals surface area contributed by atoms with Crippen molar-refractivity contribution in [1.29, 1.82) is 0 Å². The zero-order valence-corrected chi connectivity index (χ0v) is 16.2. The van der Waals surface area contributed by atoms with Gasteiger partial charge in [-0.2, -0.15) is 0 Å². The smallest absolute Gasteiger partial charge is 0.190 e. The van der Waals surface area contributed by atoms with E-state index in [9.17, 15) is 4.21 Å². The summed E-state index contributed by atoms with van der Waals surface area (Å²) in [4.78, 5) is 0. The molecule has 3 saturated heterocycles. The van der Waals surface area contributed by atoms with Gasteiger partial charge in [0.05, 0.1) is 11.4 Å². The second-order valence-corrected chi connectivity index (χ2v) is 10.2. The van der Waals surface area contributed by atoms with Crippen LogP contribution in [0.4, 0.5) is 0 Å². The lowest BCUT2D eigenvalue weighted by Crippen LogP contribution is -2.45. The van der Waals surface area contributed by atoms with Crippen LogP contribution in [-0.2, 0) is 38.9 Å². The molecule has 1 unspecified atom stereocenters. The summed E-state index contributed by atoms with van der Waals surface area (Å²) in [6.07, 6.45) is -2.38. The van der Waals surface area contributed by atoms with Crippen molar-refractivity contribution >= 4 is 11.1 Å². The number of ether oxygens (including phenoxy) is 5. The van der Waals surface area contributed by atoms with Gasteiger partial charge in [-0.05, 0) is 48.5 Å². The summed E-state index contributed by atoms with van der Waals surface area (Å²) in [5, 5.41) is 0. The van der Waals surface area contributed by atoms with Crippen molar-refractivity contribution < 1.29 is 32.1 Å². The molecule has 0 amide bonds. The maximum atomic E-state index is 12.5. The molecule has 0 bridgehead atoms. The third-order valence-corrected chi connectivity index (χ3v) is 5.52. The van der Waals surface area contributed by atoms with Crippen molar-refractivity contribution in [2.24, 2.45) is 0 Å². The highest BCUT2D eigenvalue weighted by atomic mass is 32.2. The van der Waals surface area contributed by atoms with Crippen molar-refractivity contribution in [3.05, 3.63) is 0 Å². The topological polar surface area (TPSA) is 72.5 Å². The Morgan fingerprint density at radius 1 is 1.00 bits per heavy atom. The maximum absolute atomic E-state index is 12.5. The zero-order chi connectivity index (χ0) is 17.9. The van der Waals surface area contributed by atoms with Gasteiger partial charge in [0.15, 0.2) is 28.9 Å². The Labute approximate surface area is 145 Å². The van der Waals surface area contributed by atoms with Crippen molar-refractivity contribution in [1.82, 2.24) is 0 Å². The van der Waals surface area contributed by atoms with Crippen LogP contribution in [0.25, 0.3) is 0 Å². The highest BCUT2D eigenvalue weighted by Crippen LogP contribution is 2.42. The molecule has 0 N–H and O–H groups in total. The fraction of sp³-hybridized carbons (Fsp3) is 1.00. The predicted molar refractivity (Wildman–Crippen MR) is 86.4 cm³/mol. The van der Waals surface area contributed by atoms with Crippen LogP contribution in [0.1, 0.15) is 48.5 Å². The Kier molecular flexibility index (Phi) is 4.65. The molecule has 3 aliphatic rings. The first kappa shape index (κ1) is 18.7. The van der Waals surface area contributed by atoms with Gasteiger partial charge >= 0.3 is 0 Å². The van der Waals surface area contributed by atoms with Crippen molar-refractivity contribution in [3.8, 4) is 0 Å². The van der Waals surface area contributed by atoms with Crippen LogP contribution in [0.15, 0.2) is 0 Å². The van der Waals surface area contributed by atoms with Gasteiger partial charge in [0.25, 0.3) is 0 Å².